The summed E-state index contributed by atoms with van der Waals surface area (Å²) in [6.45, 7) is 2.74. The van der Waals surface area contributed by atoms with Gasteiger partial charge in [-0.1, -0.05) is 6.07 Å². The topological polar surface area (TPSA) is 67.6 Å². The van der Waals surface area contributed by atoms with Gasteiger partial charge in [-0.15, -0.1) is 0 Å². The largest absolute Gasteiger partial charge is 0.398 e. The second-order valence-electron chi connectivity index (χ2n) is 5.81. The zero-order valence-electron chi connectivity index (χ0n) is 12.3. The third-order valence-corrected chi connectivity index (χ3v) is 4.27. The van der Waals surface area contributed by atoms with Gasteiger partial charge in [-0.05, 0) is 43.4 Å². The van der Waals surface area contributed by atoms with Crippen molar-refractivity contribution >= 4 is 17.3 Å². The molecule has 2 aliphatic heterocycles. The van der Waals surface area contributed by atoms with Crippen molar-refractivity contribution in [3.8, 4) is 0 Å². The van der Waals surface area contributed by atoms with Gasteiger partial charge in [0, 0.05) is 31.1 Å². The maximum atomic E-state index is 12.1. The van der Waals surface area contributed by atoms with Gasteiger partial charge < -0.3 is 20.7 Å². The van der Waals surface area contributed by atoms with E-state index in [2.05, 4.69) is 16.3 Å². The average Bonchev–Trinajstić information content (AvgIpc) is 3.00. The summed E-state index contributed by atoms with van der Waals surface area (Å²) in [5, 5.41) is 2.98. The molecule has 0 saturated carbocycles. The summed E-state index contributed by atoms with van der Waals surface area (Å²) in [5.74, 6) is 0.0563. The van der Waals surface area contributed by atoms with Crippen molar-refractivity contribution in [1.29, 1.82) is 0 Å². The lowest BCUT2D eigenvalue weighted by Gasteiger charge is -2.31. The molecular formula is C16H23N3O2. The predicted molar refractivity (Wildman–Crippen MR) is 83.4 cm³/mol. The Morgan fingerprint density at radius 3 is 3.14 bits per heavy atom. The zero-order chi connectivity index (χ0) is 14.7. The maximum absolute atomic E-state index is 12.1. The van der Waals surface area contributed by atoms with E-state index in [4.69, 9.17) is 10.5 Å². The van der Waals surface area contributed by atoms with Crippen LogP contribution in [0.15, 0.2) is 18.2 Å². The highest BCUT2D eigenvalue weighted by atomic mass is 16.5. The normalized spacial score (nSPS) is 21.1. The quantitative estimate of drug-likeness (QED) is 0.820. The fourth-order valence-electron chi connectivity index (χ4n) is 3.15. The van der Waals surface area contributed by atoms with Gasteiger partial charge in [0.1, 0.15) is 0 Å². The van der Waals surface area contributed by atoms with Gasteiger partial charge in [-0.25, -0.2) is 0 Å². The lowest BCUT2D eigenvalue weighted by atomic mass is 10.00. The summed E-state index contributed by atoms with van der Waals surface area (Å²) in [7, 11) is 0. The smallest absolute Gasteiger partial charge is 0.239 e. The fraction of sp³-hybridized carbons (Fsp3) is 0.562. The minimum atomic E-state index is 0.0563. The molecule has 5 heteroatoms. The first kappa shape index (κ1) is 14.2. The minimum Gasteiger partial charge on any atom is -0.398 e. The number of carbonyl (C=O) groups excluding carboxylic acids is 1. The summed E-state index contributed by atoms with van der Waals surface area (Å²) in [6, 6.07) is 5.94. The Hall–Kier alpha value is -1.75. The van der Waals surface area contributed by atoms with Crippen molar-refractivity contribution in [2.75, 3.05) is 36.9 Å². The van der Waals surface area contributed by atoms with E-state index >= 15 is 0 Å². The van der Waals surface area contributed by atoms with E-state index in [9.17, 15) is 4.79 Å². The van der Waals surface area contributed by atoms with Crippen molar-refractivity contribution in [3.63, 3.8) is 0 Å². The standard InChI is InChI=1S/C16H23N3O2/c17-14-6-1-7-15-13(14)5-2-8-19(15)11-16(20)18-10-12-4-3-9-21-12/h1,6-7,12H,2-5,8-11,17H2,(H,18,20). The van der Waals surface area contributed by atoms with Crippen molar-refractivity contribution in [2.45, 2.75) is 31.8 Å². The summed E-state index contributed by atoms with van der Waals surface area (Å²) >= 11 is 0. The number of nitrogens with one attached hydrogen (secondary N) is 1. The van der Waals surface area contributed by atoms with Crippen LogP contribution in [-0.2, 0) is 16.0 Å². The number of rotatable bonds is 4. The van der Waals surface area contributed by atoms with Crippen LogP contribution in [-0.4, -0.2) is 38.3 Å². The first-order valence-electron chi connectivity index (χ1n) is 7.74. The van der Waals surface area contributed by atoms with Crippen LogP contribution in [0.1, 0.15) is 24.8 Å². The molecule has 1 fully saturated rings. The number of carbonyl (C=O) groups is 1. The molecule has 114 valence electrons. The number of ether oxygens (including phenoxy) is 1. The molecule has 0 aromatic heterocycles. The number of benzene rings is 1. The lowest BCUT2D eigenvalue weighted by molar-refractivity contribution is -0.120. The number of nitrogen functional groups attached to an aromatic ring is 1. The van der Waals surface area contributed by atoms with Crippen molar-refractivity contribution < 1.29 is 9.53 Å². The average molecular weight is 289 g/mol. The molecular weight excluding hydrogens is 266 g/mol. The first-order valence-corrected chi connectivity index (χ1v) is 7.74. The molecule has 1 unspecified atom stereocenters. The van der Waals surface area contributed by atoms with E-state index in [1.54, 1.807) is 0 Å². The minimum absolute atomic E-state index is 0.0563. The van der Waals surface area contributed by atoms with Crippen LogP contribution in [0.4, 0.5) is 11.4 Å². The Bertz CT molecular complexity index is 512. The van der Waals surface area contributed by atoms with Crippen molar-refractivity contribution in [2.24, 2.45) is 0 Å². The van der Waals surface area contributed by atoms with Crippen molar-refractivity contribution in [3.05, 3.63) is 23.8 Å². The van der Waals surface area contributed by atoms with E-state index in [1.807, 2.05) is 12.1 Å². The van der Waals surface area contributed by atoms with Gasteiger partial charge in [-0.2, -0.15) is 0 Å². The molecule has 1 aromatic rings. The Kier molecular flexibility index (Phi) is 4.29. The van der Waals surface area contributed by atoms with Gasteiger partial charge in [-0.3, -0.25) is 4.79 Å². The summed E-state index contributed by atoms with van der Waals surface area (Å²) in [5.41, 5.74) is 9.14. The molecule has 0 aliphatic carbocycles. The number of hydrogen-bond acceptors (Lipinski definition) is 4. The highest BCUT2D eigenvalue weighted by Gasteiger charge is 2.21. The third kappa shape index (κ3) is 3.29. The molecule has 0 spiro atoms. The molecule has 0 radical (unpaired) electrons. The van der Waals surface area contributed by atoms with Gasteiger partial charge in [0.15, 0.2) is 0 Å². The van der Waals surface area contributed by atoms with Crippen molar-refractivity contribution in [1.82, 2.24) is 5.32 Å². The molecule has 21 heavy (non-hydrogen) atoms. The van der Waals surface area contributed by atoms with E-state index in [0.717, 1.165) is 50.2 Å². The molecule has 0 bridgehead atoms. The molecule has 1 amide bonds. The number of fused-ring (bicyclic) bond motifs is 1. The number of hydrogen-bond donors (Lipinski definition) is 2. The highest BCUT2D eigenvalue weighted by molar-refractivity contribution is 5.82. The van der Waals surface area contributed by atoms with Gasteiger partial charge in [0.25, 0.3) is 0 Å². The van der Waals surface area contributed by atoms with Gasteiger partial charge >= 0.3 is 0 Å². The summed E-state index contributed by atoms with van der Waals surface area (Å²) in [6.07, 6.45) is 4.37. The second kappa shape index (κ2) is 6.35. The monoisotopic (exact) mass is 289 g/mol. The van der Waals surface area contributed by atoms with E-state index in [0.29, 0.717) is 13.1 Å². The molecule has 5 nitrogen and oxygen atoms in total. The number of amides is 1. The molecule has 1 atom stereocenters. The number of anilines is 2. The Morgan fingerprint density at radius 2 is 2.33 bits per heavy atom. The summed E-state index contributed by atoms with van der Waals surface area (Å²) < 4.78 is 5.52. The molecule has 2 heterocycles. The van der Waals surface area contributed by atoms with Gasteiger partial charge in [0.2, 0.25) is 5.91 Å². The number of nitrogens with two attached hydrogens (primary N) is 1. The van der Waals surface area contributed by atoms with Crippen LogP contribution in [0.25, 0.3) is 0 Å². The van der Waals surface area contributed by atoms with E-state index < -0.39 is 0 Å². The molecule has 3 N–H and O–H groups in total. The van der Waals surface area contributed by atoms with Crippen LogP contribution < -0.4 is 16.0 Å². The molecule has 1 saturated heterocycles. The first-order chi connectivity index (χ1) is 10.2. The number of nitrogens with zero attached hydrogens (tertiary/aromatic N) is 1. The Labute approximate surface area is 125 Å². The lowest BCUT2D eigenvalue weighted by Crippen LogP contribution is -2.42. The van der Waals surface area contributed by atoms with Crippen LogP contribution >= 0.6 is 0 Å². The Morgan fingerprint density at radius 1 is 1.43 bits per heavy atom. The molecule has 1 aromatic carbocycles. The Balaban J connectivity index is 1.58. The maximum Gasteiger partial charge on any atom is 0.239 e. The van der Waals surface area contributed by atoms with Crippen LogP contribution in [0, 0.1) is 0 Å². The predicted octanol–water partition coefficient (Wildman–Crippen LogP) is 1.32. The third-order valence-electron chi connectivity index (χ3n) is 4.27. The van der Waals surface area contributed by atoms with Gasteiger partial charge in [0.05, 0.1) is 12.6 Å². The SMILES string of the molecule is Nc1cccc2c1CCCN2CC(=O)NCC1CCCO1. The van der Waals surface area contributed by atoms with E-state index in [-0.39, 0.29) is 12.0 Å². The van der Waals surface area contributed by atoms with Crippen LogP contribution in [0.3, 0.4) is 0 Å². The zero-order valence-corrected chi connectivity index (χ0v) is 12.3. The highest BCUT2D eigenvalue weighted by Crippen LogP contribution is 2.30. The fourth-order valence-corrected chi connectivity index (χ4v) is 3.15. The second-order valence-corrected chi connectivity index (χ2v) is 5.81. The molecule has 3 rings (SSSR count). The summed E-state index contributed by atoms with van der Waals surface area (Å²) in [4.78, 5) is 14.2. The van der Waals surface area contributed by atoms with Crippen LogP contribution in [0.2, 0.25) is 0 Å². The molecule has 2 aliphatic rings. The van der Waals surface area contributed by atoms with Crippen LogP contribution in [0.5, 0.6) is 0 Å². The van der Waals surface area contributed by atoms with E-state index in [1.165, 1.54) is 5.56 Å².